The van der Waals surface area contributed by atoms with Crippen LogP contribution in [0.3, 0.4) is 0 Å². The highest BCUT2D eigenvalue weighted by Gasteiger charge is 2.36. The van der Waals surface area contributed by atoms with Gasteiger partial charge in [0.15, 0.2) is 0 Å². The highest BCUT2D eigenvalue weighted by atomic mass is 32.2. The average Bonchev–Trinajstić information content (AvgIpc) is 3.20. The Balaban J connectivity index is 0.000000295. The van der Waals surface area contributed by atoms with Gasteiger partial charge < -0.3 is 36.1 Å². The van der Waals surface area contributed by atoms with Gasteiger partial charge in [-0.3, -0.25) is 0 Å². The molecular weight excluding hydrogens is 949 g/mol. The van der Waals surface area contributed by atoms with Gasteiger partial charge in [0.05, 0.1) is 68.4 Å². The Kier molecular flexibility index (Phi) is 21.7. The lowest BCUT2D eigenvalue weighted by Gasteiger charge is -2.45. The van der Waals surface area contributed by atoms with Gasteiger partial charge in [0, 0.05) is 5.75 Å². The molecule has 0 aliphatic carbocycles. The summed E-state index contributed by atoms with van der Waals surface area (Å²) in [5.74, 6) is 2.64. The summed E-state index contributed by atoms with van der Waals surface area (Å²) >= 11 is 2.20. The van der Waals surface area contributed by atoms with E-state index in [1.165, 1.54) is 137 Å². The lowest BCUT2D eigenvalue weighted by atomic mass is 10.2. The zero-order valence-corrected chi connectivity index (χ0v) is 43.8. The van der Waals surface area contributed by atoms with Crippen molar-refractivity contribution in [3.05, 3.63) is 119 Å². The second kappa shape index (κ2) is 24.3. The highest BCUT2D eigenvalue weighted by Crippen LogP contribution is 2.20. The van der Waals surface area contributed by atoms with Crippen molar-refractivity contribution in [2.75, 3.05) is 113 Å². The molecule has 0 atom stereocenters. The molecule has 2 aliphatic rings. The van der Waals surface area contributed by atoms with Gasteiger partial charge in [-0.25, -0.2) is 33.7 Å². The first-order chi connectivity index (χ1) is 30.0. The third kappa shape index (κ3) is 22.7. The predicted molar refractivity (Wildman–Crippen MR) is 254 cm³/mol. The fourth-order valence-corrected chi connectivity index (χ4v) is 9.51. The minimum absolute atomic E-state index is 0.178. The Morgan fingerprint density at radius 1 is 0.379 bits per heavy atom. The molecule has 0 radical (unpaired) electrons. The second-order valence-corrected chi connectivity index (χ2v) is 25.3. The topological polar surface area (TPSA) is 229 Å². The van der Waals surface area contributed by atoms with Gasteiger partial charge >= 0.3 is 0 Å². The zero-order chi connectivity index (χ0) is 50.4. The maximum atomic E-state index is 10.4. The van der Waals surface area contributed by atoms with E-state index in [-0.39, 0.29) is 19.6 Å². The SMILES string of the molecule is C[N+]1(C)CC[N+](C)(CCSC[N+]2(C)CC[N+](C)(C)CC2)CC1.Cc1ccc(S(=O)(=O)[O-])cc1.Cc1ccc(S(=O)(=O)[O-])cc1.Cc1ccc(S(=O)(=O)[O-])cc1.Cc1ccc(S(=O)(=O)[O-])cc1. The van der Waals surface area contributed by atoms with Crippen molar-refractivity contribution >= 4 is 52.2 Å². The van der Waals surface area contributed by atoms with Crippen molar-refractivity contribution in [2.45, 2.75) is 47.3 Å². The van der Waals surface area contributed by atoms with Crippen molar-refractivity contribution in [1.29, 1.82) is 0 Å². The third-order valence-corrected chi connectivity index (χ3v) is 16.1. The van der Waals surface area contributed by atoms with E-state index in [4.69, 9.17) is 0 Å². The van der Waals surface area contributed by atoms with Gasteiger partial charge in [-0.1, -0.05) is 82.5 Å². The molecule has 21 heteroatoms. The van der Waals surface area contributed by atoms with Gasteiger partial charge in [-0.2, -0.15) is 0 Å². The molecule has 2 saturated heterocycles. The Morgan fingerprint density at radius 2 is 0.591 bits per heavy atom. The van der Waals surface area contributed by atoms with Crippen LogP contribution in [0, 0.1) is 27.7 Å². The van der Waals surface area contributed by atoms with Gasteiger partial charge in [-0.05, 0) is 76.2 Å². The van der Waals surface area contributed by atoms with Gasteiger partial charge in [0.2, 0.25) is 0 Å². The number of rotatable bonds is 9. The molecule has 2 aliphatic heterocycles. The summed E-state index contributed by atoms with van der Waals surface area (Å²) < 4.78 is 130. The minimum atomic E-state index is -4.27. The van der Waals surface area contributed by atoms with E-state index in [0.717, 1.165) is 22.3 Å². The third-order valence-electron chi connectivity index (χ3n) is 11.4. The molecule has 6 rings (SSSR count). The number of benzene rings is 4. The molecule has 4 aromatic carbocycles. The fourth-order valence-electron chi connectivity index (χ4n) is 6.24. The molecule has 0 bridgehead atoms. The van der Waals surface area contributed by atoms with Crippen LogP contribution in [0.4, 0.5) is 0 Å². The van der Waals surface area contributed by atoms with Crippen LogP contribution < -0.4 is 0 Å². The van der Waals surface area contributed by atoms with E-state index in [1.54, 1.807) is 48.5 Å². The molecule has 0 amide bonds. The van der Waals surface area contributed by atoms with Crippen molar-refractivity contribution in [1.82, 2.24) is 0 Å². The zero-order valence-electron chi connectivity index (χ0n) is 39.7. The minimum Gasteiger partial charge on any atom is -0.744 e. The van der Waals surface area contributed by atoms with E-state index in [9.17, 15) is 51.9 Å². The van der Waals surface area contributed by atoms with Crippen molar-refractivity contribution < 1.29 is 69.8 Å². The summed E-state index contributed by atoms with van der Waals surface area (Å²) in [6.45, 7) is 19.4. The Hall–Kier alpha value is -3.29. The number of nitrogens with zero attached hydrogens (tertiary/aromatic N) is 4. The van der Waals surface area contributed by atoms with Crippen LogP contribution in [-0.2, 0) is 40.5 Å². The number of thioether (sulfide) groups is 1. The first kappa shape index (κ1) is 58.8. The smallest absolute Gasteiger partial charge is 0.129 e. The summed E-state index contributed by atoms with van der Waals surface area (Å²) in [5.41, 5.74) is 3.71. The van der Waals surface area contributed by atoms with Crippen LogP contribution in [0.2, 0.25) is 0 Å². The van der Waals surface area contributed by atoms with Crippen LogP contribution in [-0.4, -0.2) is 183 Å². The summed E-state index contributed by atoms with van der Waals surface area (Å²) in [5, 5.41) is 0. The van der Waals surface area contributed by atoms with Crippen LogP contribution in [0.1, 0.15) is 22.3 Å². The van der Waals surface area contributed by atoms with Gasteiger partial charge in [0.25, 0.3) is 0 Å². The molecule has 0 N–H and O–H groups in total. The molecule has 2 fully saturated rings. The number of hydrogen-bond donors (Lipinski definition) is 0. The lowest BCUT2D eigenvalue weighted by Crippen LogP contribution is -2.63. The van der Waals surface area contributed by atoms with Crippen LogP contribution in [0.5, 0.6) is 0 Å². The summed E-state index contributed by atoms with van der Waals surface area (Å²) in [6.07, 6.45) is 0. The monoisotopic (exact) mass is 1020 g/mol. The van der Waals surface area contributed by atoms with E-state index in [1.807, 2.05) is 27.7 Å². The number of hydrogen-bond acceptors (Lipinski definition) is 13. The maximum Gasteiger partial charge on any atom is 0.129 e. The highest BCUT2D eigenvalue weighted by molar-refractivity contribution is 7.99. The van der Waals surface area contributed by atoms with Gasteiger partial charge in [0.1, 0.15) is 98.7 Å². The maximum absolute atomic E-state index is 10.4. The lowest BCUT2D eigenvalue weighted by molar-refractivity contribution is -1.01. The molecule has 0 aromatic heterocycles. The first-order valence-electron chi connectivity index (χ1n) is 21.0. The van der Waals surface area contributed by atoms with Crippen molar-refractivity contribution in [3.63, 3.8) is 0 Å². The molecule has 16 nitrogen and oxygen atoms in total. The Labute approximate surface area is 399 Å². The number of aryl methyl sites for hydroxylation is 4. The molecule has 66 heavy (non-hydrogen) atoms. The van der Waals surface area contributed by atoms with Crippen molar-refractivity contribution in [3.8, 4) is 0 Å². The number of likely N-dealkylation sites (N-methyl/N-ethyl adjacent to an activating group) is 4. The molecule has 370 valence electrons. The largest absolute Gasteiger partial charge is 0.744 e. The Morgan fingerprint density at radius 3 is 0.803 bits per heavy atom. The van der Waals surface area contributed by atoms with Crippen LogP contribution >= 0.6 is 11.8 Å². The summed E-state index contributed by atoms with van der Waals surface area (Å²) in [7, 11) is -2.65. The van der Waals surface area contributed by atoms with E-state index >= 15 is 0 Å². The first-order valence-corrected chi connectivity index (χ1v) is 27.8. The van der Waals surface area contributed by atoms with Crippen LogP contribution in [0.15, 0.2) is 117 Å². The quantitative estimate of drug-likeness (QED) is 0.129. The average molecular weight is 1020 g/mol. The predicted octanol–water partition coefficient (Wildman–Crippen LogP) is 4.35. The molecule has 0 unspecified atom stereocenters. The molecular formula is C45H68N4O12S5. The molecule has 4 aromatic rings. The summed E-state index contributed by atoms with van der Waals surface area (Å²) in [4.78, 5) is -0.711. The van der Waals surface area contributed by atoms with E-state index < -0.39 is 40.5 Å². The normalized spacial score (nSPS) is 17.4. The van der Waals surface area contributed by atoms with Crippen LogP contribution in [0.25, 0.3) is 0 Å². The molecule has 0 saturated carbocycles. The van der Waals surface area contributed by atoms with Crippen molar-refractivity contribution in [2.24, 2.45) is 0 Å². The molecule has 0 spiro atoms. The summed E-state index contributed by atoms with van der Waals surface area (Å²) in [6, 6.07) is 23.1. The Bertz CT molecular complexity index is 2240. The number of quaternary nitrogens is 4. The standard InChI is InChI=1S/C17H40N4S.4C7H8O3S/c1-18(2)7-11-20(5,12-8-18)15-16-22-17-21(6)13-9-19(3,4)10-14-21;4*1-6-2-4-7(5-3-6)11(8,9)10/h7-17H2,1-6H3;4*2-5H,1H3,(H,8,9,10)/q+4;;;;/p-4. The number of piperazine rings is 2. The van der Waals surface area contributed by atoms with E-state index in [2.05, 4.69) is 54.0 Å². The second-order valence-electron chi connectivity index (χ2n) is 18.7. The van der Waals surface area contributed by atoms with Gasteiger partial charge in [-0.15, -0.1) is 0 Å². The fraction of sp³-hybridized carbons (Fsp3) is 0.467. The molecule has 2 heterocycles. The van der Waals surface area contributed by atoms with E-state index in [0.29, 0.717) is 0 Å².